The number of fused-ring (bicyclic) bond motifs is 2. The zero-order valence-corrected chi connectivity index (χ0v) is 16.2. The molecule has 0 bridgehead atoms. The van der Waals surface area contributed by atoms with E-state index in [1.807, 2.05) is 41.9 Å². The fraction of sp³-hybridized carbons (Fsp3) is 0.333. The molecule has 1 aliphatic heterocycles. The number of nitrogens with zero attached hydrogens (tertiary/aromatic N) is 6. The van der Waals surface area contributed by atoms with E-state index in [2.05, 4.69) is 15.0 Å². The fourth-order valence-corrected chi connectivity index (χ4v) is 4.30. The topological polar surface area (TPSA) is 88.5 Å². The van der Waals surface area contributed by atoms with Gasteiger partial charge in [0.25, 0.3) is 5.56 Å². The zero-order chi connectivity index (χ0) is 20.0. The van der Waals surface area contributed by atoms with Crippen molar-refractivity contribution in [3.8, 4) is 0 Å². The van der Waals surface area contributed by atoms with Crippen LogP contribution in [0.15, 0.2) is 47.5 Å². The van der Waals surface area contributed by atoms with Crippen LogP contribution >= 0.6 is 0 Å². The highest BCUT2D eigenvalue weighted by molar-refractivity contribution is 5.77. The average Bonchev–Trinajstić information content (AvgIpc) is 3.35. The monoisotopic (exact) mass is 390 g/mol. The first kappa shape index (κ1) is 17.8. The third kappa shape index (κ3) is 2.87. The van der Waals surface area contributed by atoms with Gasteiger partial charge < -0.3 is 10.0 Å². The molecule has 8 heteroatoms. The minimum Gasteiger partial charge on any atom is -0.395 e. The highest BCUT2D eigenvalue weighted by Crippen LogP contribution is 2.36. The Labute approximate surface area is 167 Å². The maximum absolute atomic E-state index is 13.1. The molecule has 1 aromatic carbocycles. The minimum atomic E-state index is -0.116. The van der Waals surface area contributed by atoms with E-state index >= 15 is 0 Å². The van der Waals surface area contributed by atoms with Crippen molar-refractivity contribution < 1.29 is 5.11 Å². The van der Waals surface area contributed by atoms with Gasteiger partial charge in [0.1, 0.15) is 11.3 Å². The third-order valence-electron chi connectivity index (χ3n) is 5.53. The summed E-state index contributed by atoms with van der Waals surface area (Å²) in [6, 6.07) is 9.30. The van der Waals surface area contributed by atoms with Crippen molar-refractivity contribution in [1.29, 1.82) is 0 Å². The van der Waals surface area contributed by atoms with Gasteiger partial charge >= 0.3 is 0 Å². The van der Waals surface area contributed by atoms with Crippen LogP contribution in [0.5, 0.6) is 0 Å². The second-order valence-corrected chi connectivity index (χ2v) is 7.39. The number of aliphatic hydroxyl groups excluding tert-OH is 1. The normalized spacial score (nSPS) is 16.9. The largest absolute Gasteiger partial charge is 0.395 e. The molecule has 4 heterocycles. The van der Waals surface area contributed by atoms with E-state index in [4.69, 9.17) is 4.98 Å². The first-order valence-electron chi connectivity index (χ1n) is 9.85. The molecular formula is C21H22N6O2. The van der Waals surface area contributed by atoms with E-state index in [1.54, 1.807) is 16.8 Å². The summed E-state index contributed by atoms with van der Waals surface area (Å²) in [7, 11) is 0. The number of aryl methyl sites for hydroxylation is 1. The summed E-state index contributed by atoms with van der Waals surface area (Å²) in [5, 5.41) is 14.6. The van der Waals surface area contributed by atoms with Crippen LogP contribution in [-0.4, -0.2) is 42.4 Å². The molecule has 29 heavy (non-hydrogen) atoms. The first-order chi connectivity index (χ1) is 14.2. The van der Waals surface area contributed by atoms with E-state index in [-0.39, 0.29) is 24.8 Å². The van der Waals surface area contributed by atoms with Gasteiger partial charge in [-0.05, 0) is 38.0 Å². The first-order valence-corrected chi connectivity index (χ1v) is 9.85. The van der Waals surface area contributed by atoms with Crippen molar-refractivity contribution in [2.24, 2.45) is 0 Å². The van der Waals surface area contributed by atoms with Gasteiger partial charge in [-0.25, -0.2) is 14.5 Å². The number of para-hydroxylation sites is 1. The summed E-state index contributed by atoms with van der Waals surface area (Å²) in [6.45, 7) is 2.89. The van der Waals surface area contributed by atoms with Crippen LogP contribution in [0.4, 0.5) is 5.82 Å². The van der Waals surface area contributed by atoms with Crippen LogP contribution < -0.4 is 10.5 Å². The van der Waals surface area contributed by atoms with Crippen molar-refractivity contribution in [2.45, 2.75) is 32.4 Å². The van der Waals surface area contributed by atoms with Crippen LogP contribution in [0, 0.1) is 6.92 Å². The van der Waals surface area contributed by atoms with E-state index in [9.17, 15) is 9.90 Å². The quantitative estimate of drug-likeness (QED) is 0.574. The Morgan fingerprint density at radius 1 is 1.28 bits per heavy atom. The molecule has 5 rings (SSSR count). The summed E-state index contributed by atoms with van der Waals surface area (Å²) in [6.07, 6.45) is 5.43. The highest BCUT2D eigenvalue weighted by atomic mass is 16.3. The minimum absolute atomic E-state index is 0.0900. The van der Waals surface area contributed by atoms with E-state index in [0.717, 1.165) is 36.4 Å². The zero-order valence-electron chi connectivity index (χ0n) is 16.2. The standard InChI is InChI=1S/C21H22N6O2/c1-14-13-18-19(22-8-10-27(18)24-14)25-9-4-7-17(25)20-23-16-6-3-2-5-15(16)21(29)26(20)11-12-28/h2-3,5-6,8,10,13,17,28H,4,7,9,11-12H2,1H3. The Hall–Kier alpha value is -3.26. The van der Waals surface area contributed by atoms with Crippen molar-refractivity contribution in [3.63, 3.8) is 0 Å². The molecule has 8 nitrogen and oxygen atoms in total. The number of hydrogen-bond donors (Lipinski definition) is 1. The maximum Gasteiger partial charge on any atom is 0.261 e. The lowest BCUT2D eigenvalue weighted by Gasteiger charge is -2.27. The van der Waals surface area contributed by atoms with Gasteiger partial charge in [0.2, 0.25) is 0 Å². The molecule has 1 unspecified atom stereocenters. The molecule has 0 aliphatic carbocycles. The number of hydrogen-bond acceptors (Lipinski definition) is 6. The lowest BCUT2D eigenvalue weighted by atomic mass is 10.1. The summed E-state index contributed by atoms with van der Waals surface area (Å²) in [5.74, 6) is 1.52. The Bertz CT molecular complexity index is 1260. The number of anilines is 1. The average molecular weight is 390 g/mol. The van der Waals surface area contributed by atoms with Crippen molar-refractivity contribution in [1.82, 2.24) is 24.1 Å². The molecule has 0 saturated carbocycles. The van der Waals surface area contributed by atoms with Gasteiger partial charge in [0.05, 0.1) is 35.8 Å². The van der Waals surface area contributed by atoms with Crippen molar-refractivity contribution in [2.75, 3.05) is 18.1 Å². The highest BCUT2D eigenvalue weighted by Gasteiger charge is 2.32. The van der Waals surface area contributed by atoms with Crippen LogP contribution in [0.25, 0.3) is 16.4 Å². The molecule has 1 aliphatic rings. The predicted octanol–water partition coefficient (Wildman–Crippen LogP) is 2.08. The van der Waals surface area contributed by atoms with Crippen LogP contribution in [-0.2, 0) is 6.54 Å². The lowest BCUT2D eigenvalue weighted by Crippen LogP contribution is -2.33. The van der Waals surface area contributed by atoms with Crippen LogP contribution in [0.3, 0.4) is 0 Å². The van der Waals surface area contributed by atoms with Gasteiger partial charge in [-0.15, -0.1) is 0 Å². The van der Waals surface area contributed by atoms with Gasteiger partial charge in [-0.2, -0.15) is 5.10 Å². The van der Waals surface area contributed by atoms with E-state index in [1.165, 1.54) is 0 Å². The summed E-state index contributed by atoms with van der Waals surface area (Å²) in [4.78, 5) is 24.8. The molecule has 148 valence electrons. The Kier molecular flexibility index (Phi) is 4.28. The van der Waals surface area contributed by atoms with Crippen LogP contribution in [0.2, 0.25) is 0 Å². The second-order valence-electron chi connectivity index (χ2n) is 7.39. The fourth-order valence-electron chi connectivity index (χ4n) is 4.30. The Balaban J connectivity index is 1.69. The van der Waals surface area contributed by atoms with Crippen molar-refractivity contribution >= 4 is 22.2 Å². The molecule has 1 saturated heterocycles. The number of benzene rings is 1. The van der Waals surface area contributed by atoms with Gasteiger partial charge in [0.15, 0.2) is 5.82 Å². The van der Waals surface area contributed by atoms with Crippen LogP contribution in [0.1, 0.15) is 30.4 Å². The molecule has 1 atom stereocenters. The maximum atomic E-state index is 13.1. The second kappa shape index (κ2) is 6.97. The number of rotatable bonds is 4. The van der Waals surface area contributed by atoms with E-state index in [0.29, 0.717) is 16.7 Å². The smallest absolute Gasteiger partial charge is 0.261 e. The molecule has 3 aromatic heterocycles. The SMILES string of the molecule is Cc1cc2c(N3CCCC3c3nc4ccccc4c(=O)n3CCO)nccn2n1. The van der Waals surface area contributed by atoms with Crippen molar-refractivity contribution in [3.05, 3.63) is 64.6 Å². The number of aromatic nitrogens is 5. The molecule has 4 aromatic rings. The third-order valence-corrected chi connectivity index (χ3v) is 5.53. The van der Waals surface area contributed by atoms with Gasteiger partial charge in [0, 0.05) is 18.9 Å². The summed E-state index contributed by atoms with van der Waals surface area (Å²) < 4.78 is 3.45. The summed E-state index contributed by atoms with van der Waals surface area (Å²) in [5.41, 5.74) is 2.43. The molecule has 0 radical (unpaired) electrons. The van der Waals surface area contributed by atoms with Gasteiger partial charge in [-0.1, -0.05) is 12.1 Å². The Morgan fingerprint density at radius 2 is 2.14 bits per heavy atom. The predicted molar refractivity (Wildman–Crippen MR) is 110 cm³/mol. The van der Waals surface area contributed by atoms with E-state index < -0.39 is 0 Å². The van der Waals surface area contributed by atoms with Gasteiger partial charge in [-0.3, -0.25) is 9.36 Å². The molecular weight excluding hydrogens is 368 g/mol. The lowest BCUT2D eigenvalue weighted by molar-refractivity contribution is 0.270. The molecule has 1 N–H and O–H groups in total. The Morgan fingerprint density at radius 3 is 3.00 bits per heavy atom. The number of aliphatic hydroxyl groups is 1. The molecule has 1 fully saturated rings. The molecule has 0 spiro atoms. The molecule has 0 amide bonds. The summed E-state index contributed by atoms with van der Waals surface area (Å²) >= 11 is 0.